The molecule has 0 aliphatic heterocycles. The van der Waals surface area contributed by atoms with E-state index in [2.05, 4.69) is 20.0 Å². The van der Waals surface area contributed by atoms with Gasteiger partial charge >= 0.3 is 6.18 Å². The maximum absolute atomic E-state index is 12.4. The third kappa shape index (κ3) is 4.33. The van der Waals surface area contributed by atoms with Gasteiger partial charge in [0.1, 0.15) is 11.4 Å². The summed E-state index contributed by atoms with van der Waals surface area (Å²) in [4.78, 5) is 19.4. The molecule has 1 amide bonds. The second-order valence-electron chi connectivity index (χ2n) is 5.79. The molecule has 136 valence electrons. The van der Waals surface area contributed by atoms with Crippen molar-refractivity contribution in [3.05, 3.63) is 60.0 Å². The normalized spacial score (nSPS) is 12.8. The van der Waals surface area contributed by atoms with Gasteiger partial charge in [-0.1, -0.05) is 18.2 Å². The number of amides is 1. The molecule has 5 nitrogen and oxygen atoms in total. The molecule has 0 fully saturated rings. The lowest BCUT2D eigenvalue weighted by atomic mass is 10.2. The second-order valence-corrected chi connectivity index (χ2v) is 5.79. The molecule has 0 saturated carbocycles. The van der Waals surface area contributed by atoms with Crippen LogP contribution in [0.3, 0.4) is 0 Å². The summed E-state index contributed by atoms with van der Waals surface area (Å²) in [6.07, 6.45) is -3.20. The van der Waals surface area contributed by atoms with Gasteiger partial charge in [-0.25, -0.2) is 0 Å². The van der Waals surface area contributed by atoms with Crippen molar-refractivity contribution >= 4 is 16.8 Å². The van der Waals surface area contributed by atoms with Crippen LogP contribution in [0.1, 0.15) is 29.1 Å². The van der Waals surface area contributed by atoms with Gasteiger partial charge < -0.3 is 15.0 Å². The molecule has 1 atom stereocenters. The van der Waals surface area contributed by atoms with Crippen LogP contribution in [0.25, 0.3) is 10.9 Å². The topological polar surface area (TPSA) is 67.0 Å². The number of hydrogen-bond acceptors (Lipinski definition) is 3. The number of para-hydroxylation sites is 1. The highest BCUT2D eigenvalue weighted by molar-refractivity contribution is 5.98. The van der Waals surface area contributed by atoms with Crippen LogP contribution in [0.15, 0.2) is 48.7 Å². The molecule has 2 heterocycles. The van der Waals surface area contributed by atoms with Gasteiger partial charge in [0.05, 0.1) is 17.9 Å². The van der Waals surface area contributed by atoms with Gasteiger partial charge in [-0.05, 0) is 31.2 Å². The minimum absolute atomic E-state index is 0.0141. The van der Waals surface area contributed by atoms with Crippen LogP contribution in [0.5, 0.6) is 5.75 Å². The number of aromatic amines is 1. The van der Waals surface area contributed by atoms with Crippen LogP contribution < -0.4 is 10.1 Å². The Morgan fingerprint density at radius 3 is 2.69 bits per heavy atom. The number of nitrogens with one attached hydrogen (secondary N) is 2. The number of benzene rings is 1. The van der Waals surface area contributed by atoms with E-state index in [0.29, 0.717) is 11.4 Å². The first-order valence-electron chi connectivity index (χ1n) is 7.86. The molecule has 1 aromatic carbocycles. The largest absolute Gasteiger partial charge is 0.483 e. The molecule has 2 aromatic heterocycles. The maximum Gasteiger partial charge on any atom is 0.422 e. The Hall–Kier alpha value is -3.03. The molecule has 2 N–H and O–H groups in total. The Morgan fingerprint density at radius 2 is 2.04 bits per heavy atom. The standard InChI is InChI=1S/C18H16F3N3O2/c1-11(14-7-6-13(9-22-14)26-10-18(19,20)21)23-17(25)16-8-12-4-2-3-5-15(12)24-16/h2-9,11,24H,10H2,1H3,(H,23,25)/t11-/m1/s1. The summed E-state index contributed by atoms with van der Waals surface area (Å²) in [5.74, 6) is -0.284. The van der Waals surface area contributed by atoms with Crippen LogP contribution >= 0.6 is 0 Å². The number of aromatic nitrogens is 2. The Balaban J connectivity index is 1.63. The van der Waals surface area contributed by atoms with E-state index in [-0.39, 0.29) is 11.7 Å². The maximum atomic E-state index is 12.4. The lowest BCUT2D eigenvalue weighted by molar-refractivity contribution is -0.153. The van der Waals surface area contributed by atoms with Crippen LogP contribution in [0.4, 0.5) is 13.2 Å². The number of rotatable bonds is 5. The zero-order chi connectivity index (χ0) is 18.7. The number of carbonyl (C=O) groups excluding carboxylic acids is 1. The van der Waals surface area contributed by atoms with Gasteiger partial charge in [0.15, 0.2) is 6.61 Å². The molecule has 0 aliphatic rings. The third-order valence-electron chi connectivity index (χ3n) is 3.73. The summed E-state index contributed by atoms with van der Waals surface area (Å²) in [6, 6.07) is 11.7. The van der Waals surface area contributed by atoms with Crippen LogP contribution in [0, 0.1) is 0 Å². The van der Waals surface area contributed by atoms with E-state index >= 15 is 0 Å². The molecule has 0 bridgehead atoms. The fourth-order valence-electron chi connectivity index (χ4n) is 2.44. The molecule has 0 unspecified atom stereocenters. The average molecular weight is 363 g/mol. The van der Waals surface area contributed by atoms with E-state index in [9.17, 15) is 18.0 Å². The van der Waals surface area contributed by atoms with Gasteiger partial charge in [-0.15, -0.1) is 0 Å². The number of carbonyl (C=O) groups is 1. The highest BCUT2D eigenvalue weighted by Crippen LogP contribution is 2.20. The van der Waals surface area contributed by atoms with E-state index in [1.54, 1.807) is 13.0 Å². The van der Waals surface area contributed by atoms with Crippen molar-refractivity contribution in [2.24, 2.45) is 0 Å². The summed E-state index contributed by atoms with van der Waals surface area (Å²) in [5, 5.41) is 3.72. The van der Waals surface area contributed by atoms with E-state index < -0.39 is 18.8 Å². The molecule has 8 heteroatoms. The van der Waals surface area contributed by atoms with Crippen molar-refractivity contribution in [1.29, 1.82) is 0 Å². The Bertz CT molecular complexity index is 871. The minimum atomic E-state index is -4.40. The summed E-state index contributed by atoms with van der Waals surface area (Å²) < 4.78 is 41.0. The van der Waals surface area contributed by atoms with Crippen molar-refractivity contribution in [3.63, 3.8) is 0 Å². The van der Waals surface area contributed by atoms with Crippen molar-refractivity contribution in [2.45, 2.75) is 19.1 Å². The molecule has 26 heavy (non-hydrogen) atoms. The summed E-state index contributed by atoms with van der Waals surface area (Å²) in [7, 11) is 0. The average Bonchev–Trinajstić information content (AvgIpc) is 3.04. The molecule has 3 rings (SSSR count). The van der Waals surface area contributed by atoms with Crippen LogP contribution in [0.2, 0.25) is 0 Å². The monoisotopic (exact) mass is 363 g/mol. The number of ether oxygens (including phenoxy) is 1. The smallest absolute Gasteiger partial charge is 0.422 e. The molecule has 0 radical (unpaired) electrons. The predicted octanol–water partition coefficient (Wildman–Crippen LogP) is 4.00. The Labute approximate surface area is 147 Å². The highest BCUT2D eigenvalue weighted by Gasteiger charge is 2.28. The number of hydrogen-bond donors (Lipinski definition) is 2. The predicted molar refractivity (Wildman–Crippen MR) is 90.0 cm³/mol. The number of H-pyrrole nitrogens is 1. The van der Waals surface area contributed by atoms with E-state index in [1.807, 2.05) is 24.3 Å². The van der Waals surface area contributed by atoms with Gasteiger partial charge in [-0.2, -0.15) is 13.2 Å². The van der Waals surface area contributed by atoms with Gasteiger partial charge in [0.25, 0.3) is 5.91 Å². The SMILES string of the molecule is C[C@@H](NC(=O)c1cc2ccccc2[nH]1)c1ccc(OCC(F)(F)F)cn1. The van der Waals surface area contributed by atoms with Crippen LogP contribution in [-0.2, 0) is 0 Å². The number of alkyl halides is 3. The first-order valence-corrected chi connectivity index (χ1v) is 7.86. The van der Waals surface area contributed by atoms with Crippen molar-refractivity contribution < 1.29 is 22.7 Å². The fourth-order valence-corrected chi connectivity index (χ4v) is 2.44. The summed E-state index contributed by atoms with van der Waals surface area (Å²) in [5.41, 5.74) is 1.78. The van der Waals surface area contributed by atoms with Crippen LogP contribution in [-0.4, -0.2) is 28.7 Å². The first kappa shape index (κ1) is 17.8. The molecule has 3 aromatic rings. The van der Waals surface area contributed by atoms with Gasteiger partial charge in [0, 0.05) is 10.9 Å². The molecule has 0 spiro atoms. The number of nitrogens with zero attached hydrogens (tertiary/aromatic N) is 1. The first-order chi connectivity index (χ1) is 12.3. The van der Waals surface area contributed by atoms with Crippen molar-refractivity contribution in [3.8, 4) is 5.75 Å². The molecular formula is C18H16F3N3O2. The van der Waals surface area contributed by atoms with E-state index in [1.165, 1.54) is 18.3 Å². The van der Waals surface area contributed by atoms with Gasteiger partial charge in [0.2, 0.25) is 0 Å². The van der Waals surface area contributed by atoms with E-state index in [4.69, 9.17) is 0 Å². The van der Waals surface area contributed by atoms with E-state index in [0.717, 1.165) is 10.9 Å². The summed E-state index contributed by atoms with van der Waals surface area (Å²) >= 11 is 0. The number of pyridine rings is 1. The van der Waals surface area contributed by atoms with Crippen molar-refractivity contribution in [1.82, 2.24) is 15.3 Å². The zero-order valence-electron chi connectivity index (χ0n) is 13.8. The molecular weight excluding hydrogens is 347 g/mol. The van der Waals surface area contributed by atoms with Gasteiger partial charge in [-0.3, -0.25) is 9.78 Å². The fraction of sp³-hybridized carbons (Fsp3) is 0.222. The molecule has 0 aliphatic carbocycles. The lowest BCUT2D eigenvalue weighted by Gasteiger charge is -2.14. The third-order valence-corrected chi connectivity index (χ3v) is 3.73. The number of fused-ring (bicyclic) bond motifs is 1. The zero-order valence-corrected chi connectivity index (χ0v) is 13.8. The molecule has 0 saturated heterocycles. The second kappa shape index (κ2) is 7.07. The van der Waals surface area contributed by atoms with Crippen molar-refractivity contribution in [2.75, 3.05) is 6.61 Å². The Morgan fingerprint density at radius 1 is 1.27 bits per heavy atom. The quantitative estimate of drug-likeness (QED) is 0.720. The number of halogens is 3. The summed E-state index contributed by atoms with van der Waals surface area (Å²) in [6.45, 7) is 0.361. The highest BCUT2D eigenvalue weighted by atomic mass is 19.4. The Kier molecular flexibility index (Phi) is 4.83. The lowest BCUT2D eigenvalue weighted by Crippen LogP contribution is -2.27. The minimum Gasteiger partial charge on any atom is -0.483 e.